The van der Waals surface area contributed by atoms with Crippen LogP contribution in [0.4, 0.5) is 5.69 Å². The summed E-state index contributed by atoms with van der Waals surface area (Å²) in [6, 6.07) is 14.6. The Labute approximate surface area is 180 Å². The molecule has 2 heterocycles. The van der Waals surface area contributed by atoms with Crippen molar-refractivity contribution in [2.24, 2.45) is 5.92 Å². The summed E-state index contributed by atoms with van der Waals surface area (Å²) in [6.45, 7) is 2.38. The summed E-state index contributed by atoms with van der Waals surface area (Å²) in [5.74, 6) is -0.572. The summed E-state index contributed by atoms with van der Waals surface area (Å²) in [6.07, 6.45) is 4.35. The number of amides is 3. The lowest BCUT2D eigenvalue weighted by atomic mass is 10.1. The van der Waals surface area contributed by atoms with E-state index in [9.17, 15) is 14.4 Å². The summed E-state index contributed by atoms with van der Waals surface area (Å²) in [4.78, 5) is 45.3. The van der Waals surface area contributed by atoms with Crippen LogP contribution in [0.25, 0.3) is 10.9 Å². The van der Waals surface area contributed by atoms with Gasteiger partial charge in [-0.15, -0.1) is 0 Å². The van der Waals surface area contributed by atoms with Gasteiger partial charge in [0, 0.05) is 29.6 Å². The van der Waals surface area contributed by atoms with Crippen molar-refractivity contribution in [3.63, 3.8) is 0 Å². The molecule has 1 aromatic heterocycles. The van der Waals surface area contributed by atoms with E-state index in [-0.39, 0.29) is 30.1 Å². The number of hydrogen-bond acceptors (Lipinski definition) is 3. The van der Waals surface area contributed by atoms with E-state index in [1.165, 1.54) is 4.90 Å². The Kier molecular flexibility index (Phi) is 4.85. The first-order chi connectivity index (χ1) is 15.0. The molecule has 1 unspecified atom stereocenters. The fraction of sp³-hybridized carbons (Fsp3) is 0.320. The molecule has 5 rings (SSSR count). The standard InChI is InChI=1S/C25H25N3O3/c1-16-6-10-19(11-7-16)28-23(29)14-22(25(28)31)27(24(30)17-8-9-17)13-12-18-15-26-21-5-3-2-4-20(18)21/h2-7,10-11,15,17,22,26H,8-9,12-14H2,1H3. The molecule has 1 saturated carbocycles. The number of rotatable bonds is 6. The third-order valence-corrected chi connectivity index (χ3v) is 6.30. The Morgan fingerprint density at radius 3 is 2.58 bits per heavy atom. The maximum Gasteiger partial charge on any atom is 0.257 e. The monoisotopic (exact) mass is 415 g/mol. The number of aromatic nitrogens is 1. The molecule has 2 aromatic carbocycles. The van der Waals surface area contributed by atoms with Crippen LogP contribution in [0.3, 0.4) is 0 Å². The zero-order valence-corrected chi connectivity index (χ0v) is 17.5. The zero-order chi connectivity index (χ0) is 21.5. The van der Waals surface area contributed by atoms with Crippen molar-refractivity contribution in [1.29, 1.82) is 0 Å². The highest BCUT2D eigenvalue weighted by atomic mass is 16.2. The number of nitrogens with zero attached hydrogens (tertiary/aromatic N) is 2. The molecule has 2 aliphatic rings. The average Bonchev–Trinajstić information content (AvgIpc) is 3.48. The minimum absolute atomic E-state index is 0.00301. The molecule has 2 fully saturated rings. The fourth-order valence-corrected chi connectivity index (χ4v) is 4.39. The van der Waals surface area contributed by atoms with Gasteiger partial charge < -0.3 is 9.88 Å². The van der Waals surface area contributed by atoms with E-state index in [1.807, 2.05) is 43.5 Å². The van der Waals surface area contributed by atoms with Gasteiger partial charge in [0.25, 0.3) is 5.91 Å². The van der Waals surface area contributed by atoms with E-state index in [1.54, 1.807) is 17.0 Å². The SMILES string of the molecule is Cc1ccc(N2C(=O)CC(N(CCc3c[nH]c4ccccc34)C(=O)C3CC3)C2=O)cc1. The van der Waals surface area contributed by atoms with Crippen LogP contribution >= 0.6 is 0 Å². The predicted octanol–water partition coefficient (Wildman–Crippen LogP) is 3.59. The molecule has 3 aromatic rings. The van der Waals surface area contributed by atoms with Gasteiger partial charge in [-0.3, -0.25) is 14.4 Å². The Morgan fingerprint density at radius 1 is 1.10 bits per heavy atom. The van der Waals surface area contributed by atoms with Crippen molar-refractivity contribution in [3.05, 3.63) is 65.9 Å². The minimum Gasteiger partial charge on any atom is -0.361 e. The van der Waals surface area contributed by atoms with Crippen molar-refractivity contribution < 1.29 is 14.4 Å². The molecular weight excluding hydrogens is 390 g/mol. The number of aryl methyl sites for hydroxylation is 1. The number of benzene rings is 2. The number of carbonyl (C=O) groups is 3. The lowest BCUT2D eigenvalue weighted by Crippen LogP contribution is -2.47. The molecule has 6 nitrogen and oxygen atoms in total. The van der Waals surface area contributed by atoms with Crippen LogP contribution in [0, 0.1) is 12.8 Å². The number of para-hydroxylation sites is 1. The van der Waals surface area contributed by atoms with Crippen molar-refractivity contribution in [3.8, 4) is 0 Å². The van der Waals surface area contributed by atoms with E-state index in [0.717, 1.165) is 34.9 Å². The van der Waals surface area contributed by atoms with Crippen LogP contribution in [0.1, 0.15) is 30.4 Å². The summed E-state index contributed by atoms with van der Waals surface area (Å²) >= 11 is 0. The zero-order valence-electron chi connectivity index (χ0n) is 17.5. The van der Waals surface area contributed by atoms with Gasteiger partial charge in [-0.2, -0.15) is 0 Å². The van der Waals surface area contributed by atoms with Gasteiger partial charge in [-0.05, 0) is 49.9 Å². The van der Waals surface area contributed by atoms with Gasteiger partial charge in [0.1, 0.15) is 6.04 Å². The molecule has 6 heteroatoms. The highest BCUT2D eigenvalue weighted by molar-refractivity contribution is 6.23. The van der Waals surface area contributed by atoms with Crippen molar-refractivity contribution in [1.82, 2.24) is 9.88 Å². The molecule has 1 aliphatic carbocycles. The third-order valence-electron chi connectivity index (χ3n) is 6.30. The van der Waals surface area contributed by atoms with Gasteiger partial charge in [0.15, 0.2) is 0 Å². The summed E-state index contributed by atoms with van der Waals surface area (Å²) in [7, 11) is 0. The lowest BCUT2D eigenvalue weighted by molar-refractivity contribution is -0.139. The van der Waals surface area contributed by atoms with Crippen LogP contribution in [-0.2, 0) is 20.8 Å². The first kappa shape index (κ1) is 19.5. The van der Waals surface area contributed by atoms with Crippen LogP contribution < -0.4 is 4.90 Å². The smallest absolute Gasteiger partial charge is 0.257 e. The molecule has 31 heavy (non-hydrogen) atoms. The van der Waals surface area contributed by atoms with E-state index in [4.69, 9.17) is 0 Å². The Morgan fingerprint density at radius 2 is 1.84 bits per heavy atom. The second kappa shape index (κ2) is 7.69. The number of H-pyrrole nitrogens is 1. The first-order valence-corrected chi connectivity index (χ1v) is 10.8. The quantitative estimate of drug-likeness (QED) is 0.626. The van der Waals surface area contributed by atoms with E-state index in [2.05, 4.69) is 11.1 Å². The van der Waals surface area contributed by atoms with Crippen LogP contribution in [0.5, 0.6) is 0 Å². The summed E-state index contributed by atoms with van der Waals surface area (Å²) in [5.41, 5.74) is 3.79. The minimum atomic E-state index is -0.730. The largest absolute Gasteiger partial charge is 0.361 e. The van der Waals surface area contributed by atoms with Crippen LogP contribution in [0.15, 0.2) is 54.7 Å². The first-order valence-electron chi connectivity index (χ1n) is 10.8. The number of anilines is 1. The third kappa shape index (κ3) is 3.63. The van der Waals surface area contributed by atoms with E-state index < -0.39 is 6.04 Å². The molecule has 3 amide bonds. The van der Waals surface area contributed by atoms with Crippen molar-refractivity contribution >= 4 is 34.3 Å². The Balaban J connectivity index is 1.39. The van der Waals surface area contributed by atoms with Gasteiger partial charge >= 0.3 is 0 Å². The van der Waals surface area contributed by atoms with Gasteiger partial charge in [0.05, 0.1) is 12.1 Å². The molecule has 0 bridgehead atoms. The maximum absolute atomic E-state index is 13.3. The Bertz CT molecular complexity index is 1160. The second-order valence-corrected chi connectivity index (χ2v) is 8.54. The number of imide groups is 1. The predicted molar refractivity (Wildman–Crippen MR) is 119 cm³/mol. The van der Waals surface area contributed by atoms with Gasteiger partial charge in [-0.25, -0.2) is 4.90 Å². The highest BCUT2D eigenvalue weighted by Gasteiger charge is 2.46. The number of fused-ring (bicyclic) bond motifs is 1. The molecule has 1 N–H and O–H groups in total. The van der Waals surface area contributed by atoms with Crippen LogP contribution in [0.2, 0.25) is 0 Å². The van der Waals surface area contributed by atoms with Crippen molar-refractivity contribution in [2.45, 2.75) is 38.6 Å². The van der Waals surface area contributed by atoms with E-state index in [0.29, 0.717) is 18.7 Å². The van der Waals surface area contributed by atoms with Crippen LogP contribution in [-0.4, -0.2) is 40.2 Å². The molecule has 0 spiro atoms. The average molecular weight is 415 g/mol. The topological polar surface area (TPSA) is 73.5 Å². The number of hydrogen-bond donors (Lipinski definition) is 1. The van der Waals surface area contributed by atoms with Gasteiger partial charge in [-0.1, -0.05) is 35.9 Å². The van der Waals surface area contributed by atoms with Crippen molar-refractivity contribution in [2.75, 3.05) is 11.4 Å². The fourth-order valence-electron chi connectivity index (χ4n) is 4.39. The molecule has 158 valence electrons. The normalized spacial score (nSPS) is 18.7. The summed E-state index contributed by atoms with van der Waals surface area (Å²) in [5, 5.41) is 1.12. The lowest BCUT2D eigenvalue weighted by Gasteiger charge is -2.28. The molecule has 1 aliphatic heterocycles. The number of carbonyl (C=O) groups excluding carboxylic acids is 3. The Hall–Kier alpha value is -3.41. The van der Waals surface area contributed by atoms with Gasteiger partial charge in [0.2, 0.25) is 11.8 Å². The number of nitrogens with one attached hydrogen (secondary N) is 1. The second-order valence-electron chi connectivity index (χ2n) is 8.54. The number of aromatic amines is 1. The van der Waals surface area contributed by atoms with E-state index >= 15 is 0 Å². The molecule has 1 saturated heterocycles. The molecule has 1 atom stereocenters. The molecule has 0 radical (unpaired) electrons. The summed E-state index contributed by atoms with van der Waals surface area (Å²) < 4.78 is 0. The molecular formula is C25H25N3O3. The maximum atomic E-state index is 13.3. The highest BCUT2D eigenvalue weighted by Crippen LogP contribution is 2.34.